The normalized spacial score (nSPS) is 11.7. The molecule has 1 aromatic heterocycles. The number of rotatable bonds is 6. The van der Waals surface area contributed by atoms with E-state index in [4.69, 9.17) is 14.6 Å². The quantitative estimate of drug-likeness (QED) is 0.428. The fourth-order valence-corrected chi connectivity index (χ4v) is 3.11. The van der Waals surface area contributed by atoms with Crippen LogP contribution >= 0.6 is 0 Å². The maximum atomic E-state index is 13.3. The van der Waals surface area contributed by atoms with Gasteiger partial charge in [-0.3, -0.25) is 4.98 Å². The Balaban J connectivity index is 1.84. The van der Waals surface area contributed by atoms with Gasteiger partial charge in [0.05, 0.1) is 16.8 Å². The number of phenolic OH excluding ortho intramolecular Hbond substituents is 1. The Kier molecular flexibility index (Phi) is 7.04. The van der Waals surface area contributed by atoms with Crippen molar-refractivity contribution in [2.24, 2.45) is 0 Å². The fraction of sp³-hybridized carbons (Fsp3) is 0.240. The number of carboxylic acids is 1. The van der Waals surface area contributed by atoms with E-state index in [-0.39, 0.29) is 17.7 Å². The predicted molar refractivity (Wildman–Crippen MR) is 119 cm³/mol. The van der Waals surface area contributed by atoms with Crippen molar-refractivity contribution in [2.75, 3.05) is 0 Å². The first kappa shape index (κ1) is 25.5. The zero-order chi connectivity index (χ0) is 26.0. The molecule has 2 N–H and O–H groups in total. The van der Waals surface area contributed by atoms with Crippen molar-refractivity contribution in [3.05, 3.63) is 77.0 Å². The van der Waals surface area contributed by atoms with Gasteiger partial charge >= 0.3 is 18.1 Å². The summed E-state index contributed by atoms with van der Waals surface area (Å²) in [7, 11) is 0. The van der Waals surface area contributed by atoms with Gasteiger partial charge in [0.25, 0.3) is 0 Å². The van der Waals surface area contributed by atoms with E-state index in [9.17, 15) is 27.9 Å². The van der Waals surface area contributed by atoms with Crippen molar-refractivity contribution in [3.8, 4) is 22.8 Å². The number of esters is 1. The Hall–Kier alpha value is -4.08. The van der Waals surface area contributed by atoms with Crippen molar-refractivity contribution in [3.63, 3.8) is 0 Å². The molecule has 0 aliphatic carbocycles. The van der Waals surface area contributed by atoms with E-state index in [1.54, 1.807) is 51.1 Å². The van der Waals surface area contributed by atoms with Crippen LogP contribution in [0.15, 0.2) is 54.7 Å². The number of aromatic nitrogens is 1. The number of hydrogen-bond acceptors (Lipinski definition) is 6. The molecule has 0 amide bonds. The van der Waals surface area contributed by atoms with E-state index < -0.39 is 40.6 Å². The lowest BCUT2D eigenvalue weighted by Crippen LogP contribution is -2.25. The highest BCUT2D eigenvalue weighted by Crippen LogP contribution is 2.39. The molecule has 0 spiro atoms. The molecule has 2 aromatic carbocycles. The molecule has 0 radical (unpaired) electrons. The van der Waals surface area contributed by atoms with Crippen molar-refractivity contribution in [1.82, 2.24) is 4.98 Å². The van der Waals surface area contributed by atoms with Crippen LogP contribution in [0.2, 0.25) is 0 Å². The number of aromatic carboxylic acids is 1. The monoisotopic (exact) mass is 489 g/mol. The highest BCUT2D eigenvalue weighted by atomic mass is 19.4. The molecule has 10 heteroatoms. The molecular weight excluding hydrogens is 467 g/mol. The second-order valence-electron chi connectivity index (χ2n) is 8.55. The van der Waals surface area contributed by atoms with Crippen LogP contribution < -0.4 is 4.74 Å². The molecule has 0 aliphatic heterocycles. The molecule has 184 valence electrons. The Morgan fingerprint density at radius 2 is 1.63 bits per heavy atom. The summed E-state index contributed by atoms with van der Waals surface area (Å²) < 4.78 is 50.6. The summed E-state index contributed by atoms with van der Waals surface area (Å²) in [6.07, 6.45) is -3.63. The maximum Gasteiger partial charge on any atom is 0.419 e. The average molecular weight is 489 g/mol. The molecule has 7 nitrogen and oxygen atoms in total. The Morgan fingerprint density at radius 3 is 2.14 bits per heavy atom. The van der Waals surface area contributed by atoms with E-state index in [0.29, 0.717) is 23.1 Å². The molecule has 35 heavy (non-hydrogen) atoms. The highest BCUT2D eigenvalue weighted by Gasteiger charge is 2.37. The first-order chi connectivity index (χ1) is 16.3. The molecule has 0 unspecified atom stereocenters. The summed E-state index contributed by atoms with van der Waals surface area (Å²) in [5.74, 6) is -3.08. The van der Waals surface area contributed by atoms with E-state index >= 15 is 0 Å². The Bertz CT molecular complexity index is 1230. The molecule has 0 saturated heterocycles. The Labute approximate surface area is 198 Å². The molecule has 1 heterocycles. The molecule has 0 bridgehead atoms. The topological polar surface area (TPSA) is 106 Å². The minimum absolute atomic E-state index is 0.0137. The van der Waals surface area contributed by atoms with Gasteiger partial charge in [0, 0.05) is 17.3 Å². The highest BCUT2D eigenvalue weighted by molar-refractivity contribution is 5.95. The van der Waals surface area contributed by atoms with Gasteiger partial charge in [0.2, 0.25) is 0 Å². The van der Waals surface area contributed by atoms with Crippen molar-refractivity contribution in [2.45, 2.75) is 39.2 Å². The van der Waals surface area contributed by atoms with Gasteiger partial charge < -0.3 is 19.7 Å². The average Bonchev–Trinajstić information content (AvgIpc) is 2.76. The lowest BCUT2D eigenvalue weighted by atomic mass is 10.0. The zero-order valence-electron chi connectivity index (χ0n) is 19.0. The van der Waals surface area contributed by atoms with Gasteiger partial charge in [-0.05, 0) is 63.2 Å². The van der Waals surface area contributed by atoms with E-state index in [2.05, 4.69) is 4.98 Å². The second kappa shape index (κ2) is 9.65. The lowest BCUT2D eigenvalue weighted by Gasteiger charge is -2.22. The number of alkyl halides is 3. The summed E-state index contributed by atoms with van der Waals surface area (Å²) in [4.78, 5) is 27.7. The first-order valence-electron chi connectivity index (χ1n) is 10.3. The van der Waals surface area contributed by atoms with Crippen molar-refractivity contribution >= 4 is 11.9 Å². The number of nitrogens with zero attached hydrogens (tertiary/aromatic N) is 1. The standard InChI is InChI=1S/C25H22F3NO6/c1-24(2,3)35-23(33)20-16(6-10-18(21(20)30)25(26,27)28)13-34-17-8-4-14(5-9-17)19-11-7-15(12-29-19)22(31)32/h4-12,30H,13H2,1-3H3,(H,31,32). The number of phenols is 1. The summed E-state index contributed by atoms with van der Waals surface area (Å²) in [5, 5.41) is 19.2. The van der Waals surface area contributed by atoms with Crippen LogP contribution in [0.1, 0.15) is 52.6 Å². The minimum Gasteiger partial charge on any atom is -0.506 e. The van der Waals surface area contributed by atoms with Crippen LogP contribution in [0, 0.1) is 0 Å². The number of halogens is 3. The number of carboxylic acid groups (broad SMARTS) is 1. The zero-order valence-corrected chi connectivity index (χ0v) is 19.0. The smallest absolute Gasteiger partial charge is 0.419 e. The number of benzene rings is 2. The van der Waals surface area contributed by atoms with Gasteiger partial charge in [0.15, 0.2) is 0 Å². The molecule has 3 rings (SSSR count). The van der Waals surface area contributed by atoms with Gasteiger partial charge in [0.1, 0.15) is 29.3 Å². The van der Waals surface area contributed by atoms with Crippen LogP contribution in [-0.4, -0.2) is 32.7 Å². The van der Waals surface area contributed by atoms with Gasteiger partial charge in [-0.15, -0.1) is 0 Å². The number of hydrogen-bond donors (Lipinski definition) is 2. The predicted octanol–water partition coefficient (Wildman–Crippen LogP) is 5.71. The maximum absolute atomic E-state index is 13.3. The van der Waals surface area contributed by atoms with Crippen LogP contribution in [0.4, 0.5) is 13.2 Å². The van der Waals surface area contributed by atoms with Crippen LogP contribution in [0.25, 0.3) is 11.3 Å². The number of ether oxygens (including phenoxy) is 2. The largest absolute Gasteiger partial charge is 0.506 e. The van der Waals surface area contributed by atoms with Crippen molar-refractivity contribution < 1.29 is 42.4 Å². The van der Waals surface area contributed by atoms with Crippen LogP contribution in [-0.2, 0) is 17.5 Å². The molecular formula is C25H22F3NO6. The third kappa shape index (κ3) is 6.28. The first-order valence-corrected chi connectivity index (χ1v) is 10.3. The molecule has 0 atom stereocenters. The van der Waals surface area contributed by atoms with Crippen LogP contribution in [0.3, 0.4) is 0 Å². The second-order valence-corrected chi connectivity index (χ2v) is 8.55. The van der Waals surface area contributed by atoms with E-state index in [0.717, 1.165) is 6.07 Å². The van der Waals surface area contributed by atoms with Gasteiger partial charge in [-0.2, -0.15) is 13.2 Å². The number of pyridine rings is 1. The summed E-state index contributed by atoms with van der Waals surface area (Å²) in [6.45, 7) is 4.34. The molecule has 3 aromatic rings. The summed E-state index contributed by atoms with van der Waals surface area (Å²) in [5.41, 5.74) is -1.70. The van der Waals surface area contributed by atoms with Crippen molar-refractivity contribution in [1.29, 1.82) is 0 Å². The Morgan fingerprint density at radius 1 is 0.971 bits per heavy atom. The van der Waals surface area contributed by atoms with Crippen LogP contribution in [0.5, 0.6) is 11.5 Å². The molecule has 0 fully saturated rings. The molecule has 0 saturated carbocycles. The van der Waals surface area contributed by atoms with E-state index in [1.807, 2.05) is 0 Å². The number of carbonyl (C=O) groups is 2. The fourth-order valence-electron chi connectivity index (χ4n) is 3.11. The lowest BCUT2D eigenvalue weighted by molar-refractivity contribution is -0.138. The summed E-state index contributed by atoms with van der Waals surface area (Å²) >= 11 is 0. The summed E-state index contributed by atoms with van der Waals surface area (Å²) in [6, 6.07) is 11.2. The third-order valence-electron chi connectivity index (χ3n) is 4.73. The third-order valence-corrected chi connectivity index (χ3v) is 4.73. The number of aromatic hydroxyl groups is 1. The molecule has 0 aliphatic rings. The number of carbonyl (C=O) groups excluding carboxylic acids is 1. The van der Waals surface area contributed by atoms with E-state index in [1.165, 1.54) is 12.3 Å². The van der Waals surface area contributed by atoms with Gasteiger partial charge in [-0.1, -0.05) is 6.07 Å². The minimum atomic E-state index is -4.87. The van der Waals surface area contributed by atoms with Gasteiger partial charge in [-0.25, -0.2) is 9.59 Å². The SMILES string of the molecule is CC(C)(C)OC(=O)c1c(COc2ccc(-c3ccc(C(=O)O)cn3)cc2)ccc(C(F)(F)F)c1O.